The van der Waals surface area contributed by atoms with Crippen LogP contribution in [0.15, 0.2) is 0 Å². The summed E-state index contributed by atoms with van der Waals surface area (Å²) in [7, 11) is 0. The van der Waals surface area contributed by atoms with Gasteiger partial charge in [-0.1, -0.05) is 13.8 Å². The first kappa shape index (κ1) is 13.4. The number of carbonyl (C=O) groups is 1. The molecule has 82 valence electrons. The van der Waals surface area contributed by atoms with Gasteiger partial charge in [0, 0.05) is 0 Å². The highest BCUT2D eigenvalue weighted by atomic mass is 16.5. The molecule has 0 radical (unpaired) electrons. The monoisotopic (exact) mass is 208 g/mol. The highest BCUT2D eigenvalue weighted by molar-refractivity contribution is 5.78. The molecule has 15 heavy (non-hydrogen) atoms. The van der Waals surface area contributed by atoms with Gasteiger partial charge in [-0.2, -0.15) is 10.5 Å². The van der Waals surface area contributed by atoms with Crippen LogP contribution in [0, 0.1) is 34.0 Å². The molecule has 0 amide bonds. The van der Waals surface area contributed by atoms with Crippen LogP contribution in [0.5, 0.6) is 0 Å². The maximum atomic E-state index is 11.8. The first-order valence-corrected chi connectivity index (χ1v) is 5.09. The van der Waals surface area contributed by atoms with Crippen LogP contribution in [0.3, 0.4) is 0 Å². The molecule has 0 aliphatic rings. The molecule has 0 spiro atoms. The zero-order chi connectivity index (χ0) is 11.9. The molecule has 0 aromatic heterocycles. The summed E-state index contributed by atoms with van der Waals surface area (Å²) in [6.07, 6.45) is 0.877. The number of ether oxygens (including phenoxy) is 1. The number of nitrogens with zero attached hydrogens (tertiary/aromatic N) is 2. The van der Waals surface area contributed by atoms with E-state index >= 15 is 0 Å². The van der Waals surface area contributed by atoms with Gasteiger partial charge in [-0.25, -0.2) is 0 Å². The minimum Gasteiger partial charge on any atom is -0.466 e. The Bertz CT molecular complexity index is 281. The second kappa shape index (κ2) is 6.03. The number of nitriles is 2. The minimum atomic E-state index is -0.973. The third kappa shape index (κ3) is 2.47. The summed E-state index contributed by atoms with van der Waals surface area (Å²) in [6, 6.07) is 3.74. The molecule has 0 atom stereocenters. The van der Waals surface area contributed by atoms with Gasteiger partial charge in [0.1, 0.15) is 5.92 Å². The van der Waals surface area contributed by atoms with Gasteiger partial charge in [0.05, 0.1) is 24.2 Å². The predicted molar refractivity (Wildman–Crippen MR) is 54.4 cm³/mol. The lowest BCUT2D eigenvalue weighted by Crippen LogP contribution is -2.38. The molecule has 0 rings (SSSR count). The Morgan fingerprint density at radius 3 is 2.00 bits per heavy atom. The Hall–Kier alpha value is -1.55. The molecule has 0 saturated carbocycles. The lowest BCUT2D eigenvalue weighted by atomic mass is 9.72. The molecule has 0 bridgehead atoms. The molecular weight excluding hydrogens is 192 g/mol. The van der Waals surface area contributed by atoms with E-state index in [4.69, 9.17) is 15.3 Å². The summed E-state index contributed by atoms with van der Waals surface area (Å²) in [5.74, 6) is -1.38. The summed E-state index contributed by atoms with van der Waals surface area (Å²) in [6.45, 7) is 5.57. The second-order valence-corrected chi connectivity index (χ2v) is 3.27. The van der Waals surface area contributed by atoms with Crippen LogP contribution >= 0.6 is 0 Å². The van der Waals surface area contributed by atoms with Crippen LogP contribution in [0.1, 0.15) is 33.6 Å². The van der Waals surface area contributed by atoms with Crippen LogP contribution < -0.4 is 0 Å². The zero-order valence-electron chi connectivity index (χ0n) is 9.41. The zero-order valence-corrected chi connectivity index (χ0v) is 9.41. The molecule has 4 nitrogen and oxygen atoms in total. The largest absolute Gasteiger partial charge is 0.466 e. The smallest absolute Gasteiger partial charge is 0.314 e. The van der Waals surface area contributed by atoms with E-state index < -0.39 is 17.3 Å². The molecule has 0 heterocycles. The molecular formula is C11H16N2O2. The Labute approximate surface area is 90.4 Å². The molecule has 0 saturated heterocycles. The molecule has 0 aromatic carbocycles. The van der Waals surface area contributed by atoms with Gasteiger partial charge in [-0.3, -0.25) is 4.79 Å². The van der Waals surface area contributed by atoms with Crippen LogP contribution in [-0.4, -0.2) is 12.6 Å². The lowest BCUT2D eigenvalue weighted by Gasteiger charge is -2.29. The van der Waals surface area contributed by atoms with E-state index in [0.29, 0.717) is 12.8 Å². The van der Waals surface area contributed by atoms with Crippen LogP contribution in [-0.2, 0) is 9.53 Å². The van der Waals surface area contributed by atoms with Gasteiger partial charge in [0.15, 0.2) is 0 Å². The summed E-state index contributed by atoms with van der Waals surface area (Å²) < 4.78 is 4.93. The Kier molecular flexibility index (Phi) is 5.41. The van der Waals surface area contributed by atoms with Gasteiger partial charge >= 0.3 is 5.97 Å². The van der Waals surface area contributed by atoms with E-state index in [1.807, 2.05) is 12.1 Å². The summed E-state index contributed by atoms with van der Waals surface area (Å²) in [4.78, 5) is 11.8. The summed E-state index contributed by atoms with van der Waals surface area (Å²) in [5.41, 5.74) is -0.973. The quantitative estimate of drug-likeness (QED) is 0.648. The lowest BCUT2D eigenvalue weighted by molar-refractivity contribution is -0.157. The Balaban J connectivity index is 5.14. The van der Waals surface area contributed by atoms with Crippen molar-refractivity contribution in [1.82, 2.24) is 0 Å². The first-order valence-electron chi connectivity index (χ1n) is 5.09. The molecule has 0 N–H and O–H groups in total. The normalized spacial score (nSPS) is 10.5. The summed E-state index contributed by atoms with van der Waals surface area (Å²) >= 11 is 0. The van der Waals surface area contributed by atoms with E-state index in [9.17, 15) is 4.79 Å². The van der Waals surface area contributed by atoms with Crippen molar-refractivity contribution in [2.45, 2.75) is 33.6 Å². The van der Waals surface area contributed by atoms with Crippen molar-refractivity contribution in [3.8, 4) is 12.1 Å². The van der Waals surface area contributed by atoms with Crippen molar-refractivity contribution in [1.29, 1.82) is 10.5 Å². The standard InChI is InChI=1S/C11H16N2O2/c1-4-11(5-2,9(7-12)8-13)10(14)15-6-3/h9H,4-6H2,1-3H3. The Morgan fingerprint density at radius 1 is 1.27 bits per heavy atom. The highest BCUT2D eigenvalue weighted by Gasteiger charge is 2.44. The molecule has 4 heteroatoms. The fourth-order valence-corrected chi connectivity index (χ4v) is 1.62. The van der Waals surface area contributed by atoms with Crippen LogP contribution in [0.4, 0.5) is 0 Å². The third-order valence-electron chi connectivity index (χ3n) is 2.75. The number of rotatable bonds is 5. The predicted octanol–water partition coefficient (Wildman–Crippen LogP) is 2.02. The maximum Gasteiger partial charge on any atom is 0.314 e. The van der Waals surface area contributed by atoms with Crippen molar-refractivity contribution < 1.29 is 9.53 Å². The van der Waals surface area contributed by atoms with Crippen molar-refractivity contribution in [3.05, 3.63) is 0 Å². The van der Waals surface area contributed by atoms with Crippen molar-refractivity contribution in [3.63, 3.8) is 0 Å². The number of hydrogen-bond donors (Lipinski definition) is 0. The van der Waals surface area contributed by atoms with Crippen molar-refractivity contribution in [2.24, 2.45) is 11.3 Å². The van der Waals surface area contributed by atoms with Gasteiger partial charge in [0.2, 0.25) is 0 Å². The summed E-state index contributed by atoms with van der Waals surface area (Å²) in [5, 5.41) is 17.7. The molecule has 0 aromatic rings. The third-order valence-corrected chi connectivity index (χ3v) is 2.75. The topological polar surface area (TPSA) is 73.9 Å². The van der Waals surface area contributed by atoms with E-state index in [2.05, 4.69) is 0 Å². The van der Waals surface area contributed by atoms with Gasteiger partial charge < -0.3 is 4.74 Å². The van der Waals surface area contributed by atoms with Crippen LogP contribution in [0.2, 0.25) is 0 Å². The van der Waals surface area contributed by atoms with Gasteiger partial charge in [-0.15, -0.1) is 0 Å². The molecule has 0 fully saturated rings. The van der Waals surface area contributed by atoms with Gasteiger partial charge in [-0.05, 0) is 19.8 Å². The Morgan fingerprint density at radius 2 is 1.73 bits per heavy atom. The average Bonchev–Trinajstić information content (AvgIpc) is 2.26. The van der Waals surface area contributed by atoms with E-state index in [1.165, 1.54) is 0 Å². The number of hydrogen-bond acceptors (Lipinski definition) is 4. The first-order chi connectivity index (χ1) is 7.12. The molecule has 0 aliphatic heterocycles. The fourth-order valence-electron chi connectivity index (χ4n) is 1.62. The molecule has 0 aliphatic carbocycles. The average molecular weight is 208 g/mol. The minimum absolute atomic E-state index is 0.268. The van der Waals surface area contributed by atoms with Crippen molar-refractivity contribution in [2.75, 3.05) is 6.61 Å². The van der Waals surface area contributed by atoms with E-state index in [0.717, 1.165) is 0 Å². The van der Waals surface area contributed by atoms with Crippen LogP contribution in [0.25, 0.3) is 0 Å². The fraction of sp³-hybridized carbons (Fsp3) is 0.727. The van der Waals surface area contributed by atoms with Gasteiger partial charge in [0.25, 0.3) is 0 Å². The number of esters is 1. The van der Waals surface area contributed by atoms with E-state index in [1.54, 1.807) is 20.8 Å². The highest BCUT2D eigenvalue weighted by Crippen LogP contribution is 2.36. The number of carbonyl (C=O) groups excluding carboxylic acids is 1. The molecule has 0 unspecified atom stereocenters. The maximum absolute atomic E-state index is 11.8. The second-order valence-electron chi connectivity index (χ2n) is 3.27. The SMILES string of the molecule is CCOC(=O)C(CC)(CC)C(C#N)C#N. The van der Waals surface area contributed by atoms with Crippen molar-refractivity contribution >= 4 is 5.97 Å². The van der Waals surface area contributed by atoms with E-state index in [-0.39, 0.29) is 6.61 Å².